The lowest BCUT2D eigenvalue weighted by molar-refractivity contribution is 0.616. The smallest absolute Gasteiger partial charge is 0.133 e. The predicted molar refractivity (Wildman–Crippen MR) is 84.0 cm³/mol. The molecule has 0 unspecified atom stereocenters. The van der Waals surface area contributed by atoms with E-state index in [2.05, 4.69) is 41.5 Å². The van der Waals surface area contributed by atoms with E-state index in [1.54, 1.807) is 6.26 Å². The van der Waals surface area contributed by atoms with E-state index in [0.717, 1.165) is 22.8 Å². The summed E-state index contributed by atoms with van der Waals surface area (Å²) in [4.78, 5) is 0. The van der Waals surface area contributed by atoms with Gasteiger partial charge in [0, 0.05) is 5.39 Å². The van der Waals surface area contributed by atoms with Gasteiger partial charge in [0.1, 0.15) is 5.58 Å². The van der Waals surface area contributed by atoms with Gasteiger partial charge in [0.15, 0.2) is 0 Å². The molecule has 0 radical (unpaired) electrons. The zero-order valence-electron chi connectivity index (χ0n) is 12.0. The summed E-state index contributed by atoms with van der Waals surface area (Å²) in [6.45, 7) is 13.0. The number of benzene rings is 1. The second kappa shape index (κ2) is 10.9. The molecule has 0 aliphatic carbocycles. The normalized spacial score (nSPS) is 9.11. The van der Waals surface area contributed by atoms with Gasteiger partial charge in [-0.15, -0.1) is 0 Å². The van der Waals surface area contributed by atoms with E-state index in [-0.39, 0.29) is 7.43 Å². The van der Waals surface area contributed by atoms with Crippen molar-refractivity contribution in [2.24, 2.45) is 11.8 Å². The lowest BCUT2D eigenvalue weighted by atomic mass is 10.3. The highest BCUT2D eigenvalue weighted by atomic mass is 16.3. The minimum Gasteiger partial charge on any atom is -0.464 e. The molecule has 2 aromatic rings. The molecule has 0 saturated heterocycles. The molecule has 0 saturated carbocycles. The Labute approximate surface area is 113 Å². The minimum absolute atomic E-state index is 0. The second-order valence-electron chi connectivity index (χ2n) is 5.42. The van der Waals surface area contributed by atoms with E-state index in [9.17, 15) is 0 Å². The summed E-state index contributed by atoms with van der Waals surface area (Å²) in [6, 6.07) is 9.90. The molecule has 18 heavy (non-hydrogen) atoms. The van der Waals surface area contributed by atoms with E-state index < -0.39 is 0 Å². The number of hydrogen-bond donors (Lipinski definition) is 0. The van der Waals surface area contributed by atoms with Crippen LogP contribution >= 0.6 is 0 Å². The average Bonchev–Trinajstić information content (AvgIpc) is 2.62. The summed E-state index contributed by atoms with van der Waals surface area (Å²) in [5.74, 6) is 1.67. The van der Waals surface area contributed by atoms with Crippen molar-refractivity contribution in [3.8, 4) is 0 Å². The van der Waals surface area contributed by atoms with Gasteiger partial charge in [0.25, 0.3) is 0 Å². The van der Waals surface area contributed by atoms with Crippen LogP contribution in [0.15, 0.2) is 41.0 Å². The fourth-order valence-corrected chi connectivity index (χ4v) is 0.906. The van der Waals surface area contributed by atoms with Gasteiger partial charge in [-0.3, -0.25) is 0 Å². The van der Waals surface area contributed by atoms with Crippen molar-refractivity contribution in [3.63, 3.8) is 0 Å². The van der Waals surface area contributed by atoms with Crippen LogP contribution < -0.4 is 0 Å². The zero-order chi connectivity index (χ0) is 13.3. The van der Waals surface area contributed by atoms with Gasteiger partial charge in [-0.25, -0.2) is 0 Å². The first kappa shape index (κ1) is 19.1. The van der Waals surface area contributed by atoms with Gasteiger partial charge in [0.2, 0.25) is 0 Å². The summed E-state index contributed by atoms with van der Waals surface area (Å²) in [5, 5.41) is 1.16. The maximum atomic E-state index is 5.12. The molecular formula is C17H30O. The van der Waals surface area contributed by atoms with Crippen molar-refractivity contribution < 1.29 is 4.42 Å². The molecule has 0 N–H and O–H groups in total. The average molecular weight is 250 g/mol. The van der Waals surface area contributed by atoms with Crippen LogP contribution in [0.25, 0.3) is 11.0 Å². The van der Waals surface area contributed by atoms with Crippen molar-refractivity contribution in [1.29, 1.82) is 0 Å². The highest BCUT2D eigenvalue weighted by molar-refractivity contribution is 5.76. The quantitative estimate of drug-likeness (QED) is 0.527. The standard InChI is InChI=1S/C8H6O.2C4H10.CH4/c1-2-4-8-7(3-1)5-6-9-8;2*1-4(2)3;/h1-6H;2*4H,1-3H3;1H4. The van der Waals surface area contributed by atoms with E-state index in [4.69, 9.17) is 4.42 Å². The van der Waals surface area contributed by atoms with Gasteiger partial charge in [-0.1, -0.05) is 67.2 Å². The first-order valence-corrected chi connectivity index (χ1v) is 6.35. The summed E-state index contributed by atoms with van der Waals surface area (Å²) >= 11 is 0. The number of furan rings is 1. The highest BCUT2D eigenvalue weighted by Crippen LogP contribution is 2.12. The van der Waals surface area contributed by atoms with Crippen LogP contribution in [0.2, 0.25) is 0 Å². The van der Waals surface area contributed by atoms with E-state index in [1.807, 2.05) is 30.3 Å². The Hall–Kier alpha value is -1.24. The third-order valence-corrected chi connectivity index (χ3v) is 1.36. The first-order valence-electron chi connectivity index (χ1n) is 6.35. The lowest BCUT2D eigenvalue weighted by Crippen LogP contribution is -1.66. The topological polar surface area (TPSA) is 13.1 Å². The Morgan fingerprint density at radius 3 is 1.67 bits per heavy atom. The molecule has 1 aromatic heterocycles. The third-order valence-electron chi connectivity index (χ3n) is 1.36. The molecule has 0 aliphatic rings. The molecule has 1 heterocycles. The number of fused-ring (bicyclic) bond motifs is 1. The maximum Gasteiger partial charge on any atom is 0.133 e. The Kier molecular flexibility index (Phi) is 11.6. The van der Waals surface area contributed by atoms with Gasteiger partial charge >= 0.3 is 0 Å². The van der Waals surface area contributed by atoms with Crippen LogP contribution in [0.5, 0.6) is 0 Å². The van der Waals surface area contributed by atoms with Crippen LogP contribution in [0.3, 0.4) is 0 Å². The van der Waals surface area contributed by atoms with Crippen molar-refractivity contribution in [2.45, 2.75) is 49.0 Å². The predicted octanol–water partition coefficient (Wildman–Crippen LogP) is 6.39. The molecule has 104 valence electrons. The number of hydrogen-bond acceptors (Lipinski definition) is 1. The number of para-hydroxylation sites is 1. The molecule has 0 aliphatic heterocycles. The SMILES string of the molecule is C.CC(C)C.CC(C)C.c1ccc2occc2c1. The van der Waals surface area contributed by atoms with Crippen molar-refractivity contribution >= 4 is 11.0 Å². The molecule has 0 fully saturated rings. The molecule has 0 amide bonds. The fraction of sp³-hybridized carbons (Fsp3) is 0.529. The summed E-state index contributed by atoms with van der Waals surface area (Å²) in [6.07, 6.45) is 1.70. The Balaban J connectivity index is 0. The minimum atomic E-state index is 0. The zero-order valence-corrected chi connectivity index (χ0v) is 12.0. The molecule has 0 spiro atoms. The molecule has 0 atom stereocenters. The maximum absolute atomic E-state index is 5.12. The molecule has 1 aromatic carbocycles. The van der Waals surface area contributed by atoms with E-state index in [0.29, 0.717) is 0 Å². The van der Waals surface area contributed by atoms with Crippen LogP contribution in [0, 0.1) is 11.8 Å². The highest BCUT2D eigenvalue weighted by Gasteiger charge is 1.89. The van der Waals surface area contributed by atoms with Crippen molar-refractivity contribution in [1.82, 2.24) is 0 Å². The molecular weight excluding hydrogens is 220 g/mol. The van der Waals surface area contributed by atoms with E-state index in [1.165, 1.54) is 0 Å². The lowest BCUT2D eigenvalue weighted by Gasteiger charge is -1.81. The van der Waals surface area contributed by atoms with Crippen LogP contribution in [-0.4, -0.2) is 0 Å². The van der Waals surface area contributed by atoms with Crippen LogP contribution in [-0.2, 0) is 0 Å². The van der Waals surface area contributed by atoms with E-state index >= 15 is 0 Å². The Morgan fingerprint density at radius 2 is 1.22 bits per heavy atom. The Morgan fingerprint density at radius 1 is 0.778 bits per heavy atom. The molecule has 2 rings (SSSR count). The van der Waals surface area contributed by atoms with Gasteiger partial charge in [-0.2, -0.15) is 0 Å². The van der Waals surface area contributed by atoms with Gasteiger partial charge in [0.05, 0.1) is 6.26 Å². The van der Waals surface area contributed by atoms with Gasteiger partial charge < -0.3 is 4.42 Å². The molecule has 0 bridgehead atoms. The monoisotopic (exact) mass is 250 g/mol. The van der Waals surface area contributed by atoms with Crippen molar-refractivity contribution in [3.05, 3.63) is 36.6 Å². The van der Waals surface area contributed by atoms with Crippen molar-refractivity contribution in [2.75, 3.05) is 0 Å². The molecule has 1 nitrogen and oxygen atoms in total. The third kappa shape index (κ3) is 11.3. The van der Waals surface area contributed by atoms with Gasteiger partial charge in [-0.05, 0) is 24.0 Å². The Bertz CT molecular complexity index is 343. The summed E-state index contributed by atoms with van der Waals surface area (Å²) in [5.41, 5.74) is 0.956. The number of rotatable bonds is 0. The van der Waals surface area contributed by atoms with Crippen LogP contribution in [0.4, 0.5) is 0 Å². The fourth-order valence-electron chi connectivity index (χ4n) is 0.906. The van der Waals surface area contributed by atoms with Crippen LogP contribution in [0.1, 0.15) is 49.0 Å². The second-order valence-corrected chi connectivity index (χ2v) is 5.42. The summed E-state index contributed by atoms with van der Waals surface area (Å²) in [7, 11) is 0. The largest absolute Gasteiger partial charge is 0.464 e. The summed E-state index contributed by atoms with van der Waals surface area (Å²) < 4.78 is 5.12. The first-order chi connectivity index (χ1) is 7.93. The molecule has 1 heteroatoms.